The normalized spacial score (nSPS) is 20.9. The molecule has 37 heavy (non-hydrogen) atoms. The quantitative estimate of drug-likeness (QED) is 0.352. The van der Waals surface area contributed by atoms with Gasteiger partial charge in [0.15, 0.2) is 16.7 Å². The number of hydrogen-bond donors (Lipinski definition) is 0. The molecular formula is C27H35N3O5S2. The molecule has 0 aliphatic carbocycles. The lowest BCUT2D eigenvalue weighted by atomic mass is 10.0. The molecule has 1 aromatic heterocycles. The van der Waals surface area contributed by atoms with Crippen LogP contribution in [0.3, 0.4) is 0 Å². The van der Waals surface area contributed by atoms with E-state index in [0.717, 1.165) is 48.5 Å². The van der Waals surface area contributed by atoms with E-state index in [0.29, 0.717) is 53.2 Å². The van der Waals surface area contributed by atoms with Crippen LogP contribution in [0, 0.1) is 5.92 Å². The summed E-state index contributed by atoms with van der Waals surface area (Å²) in [5, 5.41) is 0.830. The highest BCUT2D eigenvalue weighted by molar-refractivity contribution is 7.98. The molecule has 2 fully saturated rings. The monoisotopic (exact) mass is 545 g/mol. The van der Waals surface area contributed by atoms with Crippen LogP contribution in [0.25, 0.3) is 11.0 Å². The van der Waals surface area contributed by atoms with Gasteiger partial charge in [0.2, 0.25) is 10.0 Å². The molecule has 8 nitrogen and oxygen atoms in total. The predicted octanol–water partition coefficient (Wildman–Crippen LogP) is 4.95. The molecule has 10 heteroatoms. The SMILES string of the molecule is COc1cccc(CSc2nc3cc(S(=O)(=O)N4CCC[C@H](C)C4)ccc3n2C[C@H]2CCCO2)c1OC. The summed E-state index contributed by atoms with van der Waals surface area (Å²) in [6, 6.07) is 11.2. The van der Waals surface area contributed by atoms with E-state index in [9.17, 15) is 8.42 Å². The average molecular weight is 546 g/mol. The Labute approximate surface area is 223 Å². The fourth-order valence-electron chi connectivity index (χ4n) is 5.25. The summed E-state index contributed by atoms with van der Waals surface area (Å²) in [6.07, 6.45) is 4.15. The molecule has 3 aromatic rings. The fraction of sp³-hybridized carbons (Fsp3) is 0.519. The number of piperidine rings is 1. The third-order valence-electron chi connectivity index (χ3n) is 7.19. The number of sulfonamides is 1. The standard InChI is InChI=1S/C27H35N3O5S2/c1-19-7-5-13-29(16-19)37(31,32)22-11-12-24-23(15-22)28-27(30(24)17-21-9-6-14-35-21)36-18-20-8-4-10-25(33-2)26(20)34-3/h4,8,10-12,15,19,21H,5-7,9,13-14,16-18H2,1-3H3/t19-,21+/m0/s1. The maximum absolute atomic E-state index is 13.4. The van der Waals surface area contributed by atoms with Gasteiger partial charge in [-0.15, -0.1) is 0 Å². The van der Waals surface area contributed by atoms with Crippen molar-refractivity contribution in [3.63, 3.8) is 0 Å². The van der Waals surface area contributed by atoms with Gasteiger partial charge in [-0.25, -0.2) is 13.4 Å². The number of para-hydroxylation sites is 1. The molecule has 2 atom stereocenters. The fourth-order valence-corrected chi connectivity index (χ4v) is 7.87. The molecule has 2 aromatic carbocycles. The van der Waals surface area contributed by atoms with E-state index in [1.807, 2.05) is 24.3 Å². The van der Waals surface area contributed by atoms with Crippen molar-refractivity contribution in [2.45, 2.75) is 61.1 Å². The predicted molar refractivity (Wildman–Crippen MR) is 145 cm³/mol. The smallest absolute Gasteiger partial charge is 0.243 e. The van der Waals surface area contributed by atoms with E-state index in [1.54, 1.807) is 42.4 Å². The van der Waals surface area contributed by atoms with Crippen molar-refractivity contribution in [1.29, 1.82) is 0 Å². The van der Waals surface area contributed by atoms with Crippen LogP contribution < -0.4 is 9.47 Å². The van der Waals surface area contributed by atoms with Crippen molar-refractivity contribution in [3.8, 4) is 11.5 Å². The summed E-state index contributed by atoms with van der Waals surface area (Å²) in [6.45, 7) is 4.71. The topological polar surface area (TPSA) is 82.9 Å². The Balaban J connectivity index is 1.48. The Morgan fingerprint density at radius 2 is 2.00 bits per heavy atom. The molecule has 0 bridgehead atoms. The first-order chi connectivity index (χ1) is 17.9. The zero-order valence-corrected chi connectivity index (χ0v) is 23.3. The maximum atomic E-state index is 13.4. The minimum atomic E-state index is -3.56. The van der Waals surface area contributed by atoms with E-state index in [1.165, 1.54) is 0 Å². The third kappa shape index (κ3) is 5.48. The Bertz CT molecular complexity index is 1350. The number of aromatic nitrogens is 2. The van der Waals surface area contributed by atoms with Crippen molar-refractivity contribution in [2.75, 3.05) is 33.9 Å². The van der Waals surface area contributed by atoms with Crippen LogP contribution >= 0.6 is 11.8 Å². The van der Waals surface area contributed by atoms with Gasteiger partial charge in [-0.1, -0.05) is 30.8 Å². The van der Waals surface area contributed by atoms with Crippen LogP contribution in [0.2, 0.25) is 0 Å². The molecule has 200 valence electrons. The second-order valence-electron chi connectivity index (χ2n) is 9.84. The van der Waals surface area contributed by atoms with Crippen LogP contribution in [-0.2, 0) is 27.1 Å². The van der Waals surface area contributed by atoms with E-state index < -0.39 is 10.0 Å². The number of thioether (sulfide) groups is 1. The zero-order valence-electron chi connectivity index (χ0n) is 21.7. The van der Waals surface area contributed by atoms with Gasteiger partial charge in [-0.2, -0.15) is 4.31 Å². The number of nitrogens with zero attached hydrogens (tertiary/aromatic N) is 3. The number of benzene rings is 2. The number of imidazole rings is 1. The van der Waals surface area contributed by atoms with Crippen LogP contribution in [-0.4, -0.2) is 62.3 Å². The molecule has 0 amide bonds. The first-order valence-corrected chi connectivity index (χ1v) is 15.3. The summed E-state index contributed by atoms with van der Waals surface area (Å²) in [5.41, 5.74) is 2.61. The second kappa shape index (κ2) is 11.2. The summed E-state index contributed by atoms with van der Waals surface area (Å²) in [5.74, 6) is 2.40. The average Bonchev–Trinajstić information content (AvgIpc) is 3.55. The van der Waals surface area contributed by atoms with Gasteiger partial charge in [0.05, 0.1) is 42.8 Å². The van der Waals surface area contributed by atoms with Gasteiger partial charge < -0.3 is 18.8 Å². The molecule has 2 aliphatic heterocycles. The molecule has 2 saturated heterocycles. The van der Waals surface area contributed by atoms with E-state index >= 15 is 0 Å². The molecule has 0 N–H and O–H groups in total. The molecule has 0 saturated carbocycles. The summed E-state index contributed by atoms with van der Waals surface area (Å²) >= 11 is 1.60. The van der Waals surface area contributed by atoms with Gasteiger partial charge >= 0.3 is 0 Å². The molecule has 0 spiro atoms. The Kier molecular flexibility index (Phi) is 7.99. The van der Waals surface area contributed by atoms with Crippen molar-refractivity contribution in [3.05, 3.63) is 42.0 Å². The van der Waals surface area contributed by atoms with Crippen molar-refractivity contribution >= 4 is 32.8 Å². The van der Waals surface area contributed by atoms with Crippen LogP contribution in [0.4, 0.5) is 0 Å². The Hall–Kier alpha value is -2.27. The van der Waals surface area contributed by atoms with Gasteiger partial charge in [0, 0.05) is 31.0 Å². The number of fused-ring (bicyclic) bond motifs is 1. The van der Waals surface area contributed by atoms with E-state index in [2.05, 4.69) is 11.5 Å². The van der Waals surface area contributed by atoms with Gasteiger partial charge in [-0.3, -0.25) is 0 Å². The molecule has 5 rings (SSSR count). The Morgan fingerprint density at radius 3 is 2.73 bits per heavy atom. The highest BCUT2D eigenvalue weighted by Crippen LogP contribution is 2.36. The molecule has 0 unspecified atom stereocenters. The number of hydrogen-bond acceptors (Lipinski definition) is 7. The lowest BCUT2D eigenvalue weighted by Gasteiger charge is -2.30. The summed E-state index contributed by atoms with van der Waals surface area (Å²) < 4.78 is 47.7. The Morgan fingerprint density at radius 1 is 1.14 bits per heavy atom. The van der Waals surface area contributed by atoms with Gasteiger partial charge in [0.1, 0.15) is 0 Å². The molecular weight excluding hydrogens is 510 g/mol. The lowest BCUT2D eigenvalue weighted by Crippen LogP contribution is -2.39. The first kappa shape index (κ1) is 26.3. The number of ether oxygens (including phenoxy) is 3. The second-order valence-corrected chi connectivity index (χ2v) is 12.7. The zero-order chi connectivity index (χ0) is 26.0. The molecule has 3 heterocycles. The lowest BCUT2D eigenvalue weighted by molar-refractivity contribution is 0.0960. The van der Waals surface area contributed by atoms with Crippen molar-refractivity contribution in [2.24, 2.45) is 5.92 Å². The first-order valence-electron chi connectivity index (χ1n) is 12.9. The minimum absolute atomic E-state index is 0.126. The summed E-state index contributed by atoms with van der Waals surface area (Å²) in [4.78, 5) is 5.22. The van der Waals surface area contributed by atoms with E-state index in [4.69, 9.17) is 19.2 Å². The van der Waals surface area contributed by atoms with Crippen LogP contribution in [0.15, 0.2) is 46.5 Å². The minimum Gasteiger partial charge on any atom is -0.493 e. The van der Waals surface area contributed by atoms with Gasteiger partial charge in [-0.05, 0) is 55.9 Å². The highest BCUT2D eigenvalue weighted by atomic mass is 32.2. The number of rotatable bonds is 9. The van der Waals surface area contributed by atoms with Crippen LogP contribution in [0.5, 0.6) is 11.5 Å². The molecule has 2 aliphatic rings. The van der Waals surface area contributed by atoms with E-state index in [-0.39, 0.29) is 6.10 Å². The van der Waals surface area contributed by atoms with Crippen LogP contribution in [0.1, 0.15) is 38.2 Å². The summed E-state index contributed by atoms with van der Waals surface area (Å²) in [7, 11) is -0.289. The molecule has 0 radical (unpaired) electrons. The van der Waals surface area contributed by atoms with Gasteiger partial charge in [0.25, 0.3) is 0 Å². The largest absolute Gasteiger partial charge is 0.493 e. The third-order valence-corrected chi connectivity index (χ3v) is 10.1. The van der Waals surface area contributed by atoms with Crippen molar-refractivity contribution < 1.29 is 22.6 Å². The maximum Gasteiger partial charge on any atom is 0.243 e. The van der Waals surface area contributed by atoms with Crippen molar-refractivity contribution in [1.82, 2.24) is 13.9 Å². The highest BCUT2D eigenvalue weighted by Gasteiger charge is 2.29. The number of methoxy groups -OCH3 is 2.